The minimum Gasteiger partial charge on any atom is -0.340 e. The highest BCUT2D eigenvalue weighted by molar-refractivity contribution is 7.89. The molecule has 0 aliphatic carbocycles. The first kappa shape index (κ1) is 22.9. The Morgan fingerprint density at radius 3 is 2.26 bits per heavy atom. The topological polar surface area (TPSA) is 101 Å². The lowest BCUT2D eigenvalue weighted by Gasteiger charge is -2.42. The number of amides is 1. The van der Waals surface area contributed by atoms with Gasteiger partial charge in [0.1, 0.15) is 0 Å². The highest BCUT2D eigenvalue weighted by Crippen LogP contribution is 2.38. The number of carbonyl (C=O) groups is 1. The van der Waals surface area contributed by atoms with Crippen molar-refractivity contribution in [3.05, 3.63) is 75.8 Å². The van der Waals surface area contributed by atoms with E-state index in [1.165, 1.54) is 15.3 Å². The molecule has 1 amide bonds. The van der Waals surface area contributed by atoms with Crippen LogP contribution in [0.2, 0.25) is 0 Å². The monoisotopic (exact) mass is 445 g/mol. The summed E-state index contributed by atoms with van der Waals surface area (Å²) < 4.78 is 26.1. The molecule has 0 atom stereocenters. The summed E-state index contributed by atoms with van der Waals surface area (Å²) in [6.07, 6.45) is 0.715. The maximum Gasteiger partial charge on any atom is 0.274 e. The number of piperidine rings is 1. The highest BCUT2D eigenvalue weighted by atomic mass is 32.2. The van der Waals surface area contributed by atoms with Gasteiger partial charge in [0.2, 0.25) is 15.9 Å². The van der Waals surface area contributed by atoms with Gasteiger partial charge in [-0.2, -0.15) is 0 Å². The van der Waals surface area contributed by atoms with Gasteiger partial charge in [0.25, 0.3) is 5.69 Å². The van der Waals surface area contributed by atoms with Crippen LogP contribution in [-0.4, -0.2) is 54.3 Å². The Morgan fingerprint density at radius 2 is 1.68 bits per heavy atom. The lowest BCUT2D eigenvalue weighted by Crippen LogP contribution is -2.53. The first-order valence-corrected chi connectivity index (χ1v) is 11.8. The van der Waals surface area contributed by atoms with E-state index in [-0.39, 0.29) is 37.0 Å². The van der Waals surface area contributed by atoms with Crippen LogP contribution in [0.3, 0.4) is 0 Å². The number of nitro groups is 1. The van der Waals surface area contributed by atoms with Crippen LogP contribution in [0.25, 0.3) is 0 Å². The minimum atomic E-state index is -3.33. The second-order valence-electron chi connectivity index (χ2n) is 7.79. The molecule has 0 radical (unpaired) electrons. The standard InChI is InChI=1S/C22H27N3O5S/c1-3-31(29,30)24-15-13-22(14-16-24,19-10-5-4-6-11-19)21(26)23(2)17-18-9-7-8-12-20(18)25(27)28/h4-12H,3,13-17H2,1-2H3. The molecule has 166 valence electrons. The van der Waals surface area contributed by atoms with Gasteiger partial charge in [-0.15, -0.1) is 0 Å². The second kappa shape index (κ2) is 9.15. The Bertz CT molecular complexity index is 1050. The van der Waals surface area contributed by atoms with Crippen LogP contribution in [0.5, 0.6) is 0 Å². The van der Waals surface area contributed by atoms with E-state index in [0.29, 0.717) is 18.4 Å². The highest BCUT2D eigenvalue weighted by Gasteiger charge is 2.46. The molecule has 0 N–H and O–H groups in total. The normalized spacial score (nSPS) is 16.6. The van der Waals surface area contributed by atoms with E-state index < -0.39 is 20.4 Å². The number of carbonyl (C=O) groups excluding carboxylic acids is 1. The van der Waals surface area contributed by atoms with Gasteiger partial charge in [-0.3, -0.25) is 14.9 Å². The Labute approximate surface area is 182 Å². The molecule has 1 fully saturated rings. The number of para-hydroxylation sites is 1. The molecule has 2 aromatic rings. The number of sulfonamides is 1. The Hall–Kier alpha value is -2.78. The van der Waals surface area contributed by atoms with E-state index >= 15 is 0 Å². The molecule has 0 aromatic heterocycles. The van der Waals surface area contributed by atoms with Gasteiger partial charge in [0, 0.05) is 31.8 Å². The van der Waals surface area contributed by atoms with Gasteiger partial charge in [-0.1, -0.05) is 48.5 Å². The Balaban J connectivity index is 1.91. The predicted octanol–water partition coefficient (Wildman–Crippen LogP) is 2.94. The van der Waals surface area contributed by atoms with Crippen LogP contribution in [-0.2, 0) is 26.8 Å². The van der Waals surface area contributed by atoms with E-state index in [2.05, 4.69) is 0 Å². The first-order valence-electron chi connectivity index (χ1n) is 10.2. The molecule has 1 aliphatic heterocycles. The molecular formula is C22H27N3O5S. The number of likely N-dealkylation sites (N-methyl/N-ethyl adjacent to an activating group) is 1. The van der Waals surface area contributed by atoms with Crippen molar-refractivity contribution in [1.29, 1.82) is 0 Å². The molecular weight excluding hydrogens is 418 g/mol. The molecule has 3 rings (SSSR count). The van der Waals surface area contributed by atoms with Gasteiger partial charge in [-0.05, 0) is 25.3 Å². The fraction of sp³-hybridized carbons (Fsp3) is 0.409. The van der Waals surface area contributed by atoms with Gasteiger partial charge in [0.05, 0.1) is 22.6 Å². The van der Waals surface area contributed by atoms with E-state index in [1.807, 2.05) is 30.3 Å². The van der Waals surface area contributed by atoms with Gasteiger partial charge in [0.15, 0.2) is 0 Å². The lowest BCUT2D eigenvalue weighted by molar-refractivity contribution is -0.385. The summed E-state index contributed by atoms with van der Waals surface area (Å²) in [6, 6.07) is 15.8. The van der Waals surface area contributed by atoms with Crippen LogP contribution >= 0.6 is 0 Å². The average Bonchev–Trinajstić information content (AvgIpc) is 2.79. The number of hydrogen-bond donors (Lipinski definition) is 0. The van der Waals surface area contributed by atoms with Gasteiger partial charge < -0.3 is 4.90 Å². The maximum absolute atomic E-state index is 13.7. The SMILES string of the molecule is CCS(=O)(=O)N1CCC(C(=O)N(C)Cc2ccccc2[N+](=O)[O-])(c2ccccc2)CC1. The summed E-state index contributed by atoms with van der Waals surface area (Å²) in [5.74, 6) is -0.137. The van der Waals surface area contributed by atoms with E-state index in [4.69, 9.17) is 0 Å². The van der Waals surface area contributed by atoms with Crippen LogP contribution in [0, 0.1) is 10.1 Å². The number of nitrogens with zero attached hydrogens (tertiary/aromatic N) is 3. The van der Waals surface area contributed by atoms with Crippen molar-refractivity contribution in [2.24, 2.45) is 0 Å². The molecule has 31 heavy (non-hydrogen) atoms. The zero-order valence-corrected chi connectivity index (χ0v) is 18.5. The second-order valence-corrected chi connectivity index (χ2v) is 10.1. The van der Waals surface area contributed by atoms with Crippen molar-refractivity contribution in [3.63, 3.8) is 0 Å². The van der Waals surface area contributed by atoms with Crippen molar-refractivity contribution < 1.29 is 18.1 Å². The molecule has 1 heterocycles. The lowest BCUT2D eigenvalue weighted by atomic mass is 9.72. The number of rotatable bonds is 7. The molecule has 9 heteroatoms. The van der Waals surface area contributed by atoms with Crippen molar-refractivity contribution in [2.45, 2.75) is 31.7 Å². The van der Waals surface area contributed by atoms with Gasteiger partial charge in [-0.25, -0.2) is 12.7 Å². The smallest absolute Gasteiger partial charge is 0.274 e. The van der Waals surface area contributed by atoms with Crippen molar-refractivity contribution in [1.82, 2.24) is 9.21 Å². The minimum absolute atomic E-state index is 0.0247. The third-order valence-electron chi connectivity index (χ3n) is 6.01. The quantitative estimate of drug-likeness (QED) is 0.482. The number of hydrogen-bond acceptors (Lipinski definition) is 5. The van der Waals surface area contributed by atoms with Crippen molar-refractivity contribution in [3.8, 4) is 0 Å². The number of nitro benzene ring substituents is 1. The van der Waals surface area contributed by atoms with E-state index in [1.54, 1.807) is 32.2 Å². The predicted molar refractivity (Wildman–Crippen MR) is 118 cm³/mol. The Morgan fingerprint density at radius 1 is 1.10 bits per heavy atom. The first-order chi connectivity index (χ1) is 14.7. The molecule has 2 aromatic carbocycles. The molecule has 1 aliphatic rings. The number of benzene rings is 2. The van der Waals surface area contributed by atoms with E-state index in [0.717, 1.165) is 5.56 Å². The summed E-state index contributed by atoms with van der Waals surface area (Å²) in [5, 5.41) is 11.4. The third kappa shape index (κ3) is 4.62. The fourth-order valence-corrected chi connectivity index (χ4v) is 5.33. The van der Waals surface area contributed by atoms with Crippen LogP contribution in [0.15, 0.2) is 54.6 Å². The fourth-order valence-electron chi connectivity index (χ4n) is 4.23. The Kier molecular flexibility index (Phi) is 6.76. The average molecular weight is 446 g/mol. The van der Waals surface area contributed by atoms with Crippen LogP contribution in [0.1, 0.15) is 30.9 Å². The van der Waals surface area contributed by atoms with Gasteiger partial charge >= 0.3 is 0 Å². The van der Waals surface area contributed by atoms with Crippen molar-refractivity contribution in [2.75, 3.05) is 25.9 Å². The summed E-state index contributed by atoms with van der Waals surface area (Å²) in [5.41, 5.74) is 0.388. The summed E-state index contributed by atoms with van der Waals surface area (Å²) in [6.45, 7) is 2.23. The summed E-state index contributed by atoms with van der Waals surface area (Å²) in [7, 11) is -1.69. The zero-order valence-electron chi connectivity index (χ0n) is 17.7. The molecule has 0 spiro atoms. The molecule has 0 unspecified atom stereocenters. The molecule has 8 nitrogen and oxygen atoms in total. The molecule has 0 saturated carbocycles. The third-order valence-corrected chi connectivity index (χ3v) is 7.89. The maximum atomic E-state index is 13.7. The molecule has 1 saturated heterocycles. The summed E-state index contributed by atoms with van der Waals surface area (Å²) in [4.78, 5) is 26.1. The zero-order chi connectivity index (χ0) is 22.6. The largest absolute Gasteiger partial charge is 0.340 e. The molecule has 0 bridgehead atoms. The van der Waals surface area contributed by atoms with Crippen LogP contribution < -0.4 is 0 Å². The van der Waals surface area contributed by atoms with Crippen LogP contribution in [0.4, 0.5) is 5.69 Å². The van der Waals surface area contributed by atoms with E-state index in [9.17, 15) is 23.3 Å². The summed E-state index contributed by atoms with van der Waals surface area (Å²) >= 11 is 0. The van der Waals surface area contributed by atoms with Crippen molar-refractivity contribution >= 4 is 21.6 Å².